The van der Waals surface area contributed by atoms with E-state index in [0.717, 1.165) is 24.0 Å². The van der Waals surface area contributed by atoms with Crippen molar-refractivity contribution in [2.24, 2.45) is 5.92 Å². The van der Waals surface area contributed by atoms with Gasteiger partial charge in [0.15, 0.2) is 5.78 Å². The van der Waals surface area contributed by atoms with Crippen molar-refractivity contribution in [1.82, 2.24) is 4.90 Å². The first-order chi connectivity index (χ1) is 10.2. The SMILES string of the molecule is COCc1ccc(C(=O)C2CC3CCCC(C2)N3C)cc1. The summed E-state index contributed by atoms with van der Waals surface area (Å²) in [6.07, 6.45) is 5.90. The first kappa shape index (κ1) is 14.7. The molecule has 2 unspecified atom stereocenters. The third-order valence-corrected chi connectivity index (χ3v) is 5.26. The average Bonchev–Trinajstić information content (AvgIpc) is 2.47. The van der Waals surface area contributed by atoms with Gasteiger partial charge < -0.3 is 9.64 Å². The number of rotatable bonds is 4. The number of ketones is 1. The van der Waals surface area contributed by atoms with Gasteiger partial charge in [-0.2, -0.15) is 0 Å². The maximum Gasteiger partial charge on any atom is 0.166 e. The highest BCUT2D eigenvalue weighted by atomic mass is 16.5. The third kappa shape index (κ3) is 3.04. The van der Waals surface area contributed by atoms with Crippen molar-refractivity contribution in [1.29, 1.82) is 0 Å². The van der Waals surface area contributed by atoms with E-state index >= 15 is 0 Å². The predicted molar refractivity (Wildman–Crippen MR) is 83.4 cm³/mol. The Hall–Kier alpha value is -1.19. The van der Waals surface area contributed by atoms with Crippen molar-refractivity contribution in [3.8, 4) is 0 Å². The Morgan fingerprint density at radius 3 is 2.38 bits per heavy atom. The van der Waals surface area contributed by atoms with E-state index in [4.69, 9.17) is 4.74 Å². The summed E-state index contributed by atoms with van der Waals surface area (Å²) in [5, 5.41) is 0. The lowest BCUT2D eigenvalue weighted by Crippen LogP contribution is -2.51. The number of ether oxygens (including phenoxy) is 1. The highest BCUT2D eigenvalue weighted by Crippen LogP contribution is 2.37. The number of fused-ring (bicyclic) bond motifs is 2. The summed E-state index contributed by atoms with van der Waals surface area (Å²) in [6, 6.07) is 9.16. The van der Waals surface area contributed by atoms with Crippen LogP contribution in [0.15, 0.2) is 24.3 Å². The van der Waals surface area contributed by atoms with Crippen molar-refractivity contribution in [3.05, 3.63) is 35.4 Å². The second-order valence-corrected chi connectivity index (χ2v) is 6.57. The maximum absolute atomic E-state index is 12.8. The topological polar surface area (TPSA) is 29.5 Å². The van der Waals surface area contributed by atoms with E-state index in [2.05, 4.69) is 11.9 Å². The van der Waals surface area contributed by atoms with Gasteiger partial charge in [-0.25, -0.2) is 0 Å². The first-order valence-electron chi connectivity index (χ1n) is 8.03. The summed E-state index contributed by atoms with van der Waals surface area (Å²) in [6.45, 7) is 0.604. The molecule has 0 spiro atoms. The zero-order valence-electron chi connectivity index (χ0n) is 13.0. The lowest BCUT2D eigenvalue weighted by Gasteiger charge is -2.46. The number of Topliss-reactive ketones (excluding diaryl/α,β-unsaturated/α-hetero) is 1. The van der Waals surface area contributed by atoms with E-state index < -0.39 is 0 Å². The monoisotopic (exact) mass is 287 g/mol. The minimum absolute atomic E-state index is 0.213. The number of piperidine rings is 2. The molecule has 2 atom stereocenters. The summed E-state index contributed by atoms with van der Waals surface area (Å²) < 4.78 is 5.12. The fourth-order valence-electron chi connectivity index (χ4n) is 4.00. The molecule has 2 aliphatic heterocycles. The molecule has 2 heterocycles. The van der Waals surface area contributed by atoms with Crippen molar-refractivity contribution in [2.75, 3.05) is 14.2 Å². The molecule has 3 heteroatoms. The number of nitrogens with zero attached hydrogens (tertiary/aromatic N) is 1. The molecular weight excluding hydrogens is 262 g/mol. The van der Waals surface area contributed by atoms with Gasteiger partial charge in [-0.15, -0.1) is 0 Å². The van der Waals surface area contributed by atoms with Crippen LogP contribution in [0.25, 0.3) is 0 Å². The molecule has 2 saturated heterocycles. The predicted octanol–water partition coefficient (Wildman–Crippen LogP) is 3.28. The lowest BCUT2D eigenvalue weighted by molar-refractivity contribution is 0.0338. The Morgan fingerprint density at radius 2 is 1.81 bits per heavy atom. The van der Waals surface area contributed by atoms with Crippen LogP contribution in [-0.4, -0.2) is 36.9 Å². The summed E-state index contributed by atoms with van der Waals surface area (Å²) in [5.74, 6) is 0.550. The quantitative estimate of drug-likeness (QED) is 0.796. The van der Waals surface area contributed by atoms with Crippen LogP contribution in [0, 0.1) is 5.92 Å². The number of carbonyl (C=O) groups is 1. The molecule has 1 aromatic rings. The molecule has 3 rings (SSSR count). The van der Waals surface area contributed by atoms with Crippen LogP contribution in [0.5, 0.6) is 0 Å². The Kier molecular flexibility index (Phi) is 4.41. The molecule has 0 N–H and O–H groups in total. The largest absolute Gasteiger partial charge is 0.380 e. The highest BCUT2D eigenvalue weighted by molar-refractivity contribution is 5.98. The number of methoxy groups -OCH3 is 1. The smallest absolute Gasteiger partial charge is 0.166 e. The molecular formula is C18H25NO2. The van der Waals surface area contributed by atoms with Crippen molar-refractivity contribution in [2.45, 2.75) is 50.8 Å². The van der Waals surface area contributed by atoms with Gasteiger partial charge in [0.1, 0.15) is 0 Å². The molecule has 0 saturated carbocycles. The van der Waals surface area contributed by atoms with Gasteiger partial charge in [0.2, 0.25) is 0 Å². The Balaban J connectivity index is 1.70. The van der Waals surface area contributed by atoms with E-state index in [1.54, 1.807) is 7.11 Å². The molecule has 2 fully saturated rings. The van der Waals surface area contributed by atoms with Gasteiger partial charge in [0.25, 0.3) is 0 Å². The molecule has 3 nitrogen and oxygen atoms in total. The number of hydrogen-bond donors (Lipinski definition) is 0. The molecule has 2 aliphatic rings. The molecule has 1 aromatic carbocycles. The molecule has 114 valence electrons. The average molecular weight is 287 g/mol. The van der Waals surface area contributed by atoms with Gasteiger partial charge in [0, 0.05) is 30.7 Å². The van der Waals surface area contributed by atoms with Gasteiger partial charge in [0.05, 0.1) is 6.61 Å². The van der Waals surface area contributed by atoms with Crippen LogP contribution < -0.4 is 0 Å². The summed E-state index contributed by atoms with van der Waals surface area (Å²) in [5.41, 5.74) is 1.98. The van der Waals surface area contributed by atoms with Gasteiger partial charge in [-0.3, -0.25) is 4.79 Å². The van der Waals surface area contributed by atoms with Gasteiger partial charge in [-0.1, -0.05) is 30.7 Å². The van der Waals surface area contributed by atoms with E-state index in [0.29, 0.717) is 24.5 Å². The highest BCUT2D eigenvalue weighted by Gasteiger charge is 2.38. The second-order valence-electron chi connectivity index (χ2n) is 6.57. The lowest BCUT2D eigenvalue weighted by atomic mass is 9.76. The molecule has 0 aromatic heterocycles. The molecule has 21 heavy (non-hydrogen) atoms. The fraction of sp³-hybridized carbons (Fsp3) is 0.611. The Labute approximate surface area is 127 Å². The summed E-state index contributed by atoms with van der Waals surface area (Å²) >= 11 is 0. The third-order valence-electron chi connectivity index (χ3n) is 5.26. The minimum Gasteiger partial charge on any atom is -0.380 e. The van der Waals surface area contributed by atoms with Crippen LogP contribution in [0.1, 0.15) is 48.0 Å². The van der Waals surface area contributed by atoms with Crippen LogP contribution in [0.3, 0.4) is 0 Å². The van der Waals surface area contributed by atoms with Crippen molar-refractivity contribution >= 4 is 5.78 Å². The van der Waals surface area contributed by atoms with Crippen LogP contribution >= 0.6 is 0 Å². The van der Waals surface area contributed by atoms with Gasteiger partial charge in [-0.05, 0) is 38.3 Å². The summed E-state index contributed by atoms with van der Waals surface area (Å²) in [4.78, 5) is 15.3. The van der Waals surface area contributed by atoms with Crippen LogP contribution in [0.2, 0.25) is 0 Å². The zero-order valence-corrected chi connectivity index (χ0v) is 13.0. The standard InChI is InChI=1S/C18H25NO2/c1-19-16-4-3-5-17(19)11-15(10-16)18(20)14-8-6-13(7-9-14)12-21-2/h6-9,15-17H,3-5,10-12H2,1-2H3. The van der Waals surface area contributed by atoms with Crippen molar-refractivity contribution in [3.63, 3.8) is 0 Å². The molecule has 0 radical (unpaired) electrons. The molecule has 2 bridgehead atoms. The van der Waals surface area contributed by atoms with E-state index in [-0.39, 0.29) is 5.92 Å². The molecule has 0 aliphatic carbocycles. The van der Waals surface area contributed by atoms with E-state index in [9.17, 15) is 4.79 Å². The fourth-order valence-corrected chi connectivity index (χ4v) is 4.00. The second kappa shape index (κ2) is 6.29. The number of carbonyl (C=O) groups excluding carboxylic acids is 1. The Morgan fingerprint density at radius 1 is 1.19 bits per heavy atom. The van der Waals surface area contributed by atoms with Gasteiger partial charge >= 0.3 is 0 Å². The number of hydrogen-bond acceptors (Lipinski definition) is 3. The van der Waals surface area contributed by atoms with E-state index in [1.165, 1.54) is 19.3 Å². The normalized spacial score (nSPS) is 29.3. The molecule has 0 amide bonds. The Bertz CT molecular complexity index is 482. The van der Waals surface area contributed by atoms with Crippen LogP contribution in [0.4, 0.5) is 0 Å². The zero-order chi connectivity index (χ0) is 14.8. The first-order valence-corrected chi connectivity index (χ1v) is 8.03. The van der Waals surface area contributed by atoms with Crippen molar-refractivity contribution < 1.29 is 9.53 Å². The maximum atomic E-state index is 12.8. The van der Waals surface area contributed by atoms with Crippen LogP contribution in [-0.2, 0) is 11.3 Å². The minimum atomic E-state index is 0.213. The summed E-state index contributed by atoms with van der Waals surface area (Å²) in [7, 11) is 3.92. The number of benzene rings is 1. The van der Waals surface area contributed by atoms with E-state index in [1.807, 2.05) is 24.3 Å².